The van der Waals surface area contributed by atoms with E-state index in [1.165, 1.54) is 30.3 Å². The molecule has 0 aliphatic carbocycles. The molecule has 2 aromatic rings. The number of fused-ring (bicyclic) bond motifs is 1. The van der Waals surface area contributed by atoms with Gasteiger partial charge >= 0.3 is 0 Å². The highest BCUT2D eigenvalue weighted by Gasteiger charge is 2.56. The fourth-order valence-corrected chi connectivity index (χ4v) is 7.61. The summed E-state index contributed by atoms with van der Waals surface area (Å²) in [6.45, 7) is 4.74. The van der Waals surface area contributed by atoms with Crippen LogP contribution in [0.15, 0.2) is 45.9 Å². The number of nitrogens with zero attached hydrogens (tertiary/aromatic N) is 3. The lowest BCUT2D eigenvalue weighted by Crippen LogP contribution is -2.58. The van der Waals surface area contributed by atoms with Crippen molar-refractivity contribution in [3.05, 3.63) is 53.6 Å². The standard InChI is InChI=1S/C23H26F3N5O3S/c1-22(2)21(27)31-23(3,18-8-9-29-35(18,22)33)15-10-13(4-6-16(15)24)30-20(32)17-7-5-14(11-28-17)34-12-19(25)26/h4-7,10-11,18-19H,8-9,12H2,1-3H3,(H2,27,31)(H,30,32)/t18-,23+,35+/m0/s1. The Morgan fingerprint density at radius 1 is 1.29 bits per heavy atom. The Bertz CT molecular complexity index is 1310. The first-order valence-electron chi connectivity index (χ1n) is 10.9. The molecule has 1 aromatic heterocycles. The molecule has 188 valence electrons. The van der Waals surface area contributed by atoms with Crippen LogP contribution >= 0.6 is 0 Å². The summed E-state index contributed by atoms with van der Waals surface area (Å²) in [5, 5.41) is 2.09. The lowest BCUT2D eigenvalue weighted by atomic mass is 9.85. The second kappa shape index (κ2) is 8.81. The molecule has 0 bridgehead atoms. The van der Waals surface area contributed by atoms with Crippen LogP contribution in [-0.2, 0) is 15.3 Å². The number of amides is 1. The highest BCUT2D eigenvalue weighted by molar-refractivity contribution is 7.96. The zero-order chi connectivity index (χ0) is 25.6. The first-order valence-corrected chi connectivity index (χ1v) is 12.5. The van der Waals surface area contributed by atoms with Crippen LogP contribution in [0.25, 0.3) is 0 Å². The maximum absolute atomic E-state index is 15.1. The van der Waals surface area contributed by atoms with Crippen molar-refractivity contribution >= 4 is 27.2 Å². The predicted octanol–water partition coefficient (Wildman–Crippen LogP) is 3.72. The number of alkyl halides is 2. The summed E-state index contributed by atoms with van der Waals surface area (Å²) in [6, 6.07) is 6.70. The molecule has 0 radical (unpaired) electrons. The second-order valence-corrected chi connectivity index (χ2v) is 12.1. The van der Waals surface area contributed by atoms with E-state index in [9.17, 15) is 17.8 Å². The molecular formula is C23H26F3N5O3S. The minimum atomic E-state index is -2.84. The van der Waals surface area contributed by atoms with Crippen molar-refractivity contribution < 1.29 is 26.9 Å². The van der Waals surface area contributed by atoms with E-state index < -0.39 is 50.0 Å². The van der Waals surface area contributed by atoms with Gasteiger partial charge in [0.25, 0.3) is 12.3 Å². The fourth-order valence-electron chi connectivity index (χ4n) is 4.45. The number of amidine groups is 1. The van der Waals surface area contributed by atoms with Gasteiger partial charge in [-0.2, -0.15) is 0 Å². The minimum Gasteiger partial charge on any atom is -0.486 e. The zero-order valence-electron chi connectivity index (χ0n) is 19.4. The third-order valence-corrected chi connectivity index (χ3v) is 10.2. The Labute approximate surface area is 201 Å². The van der Waals surface area contributed by atoms with Gasteiger partial charge in [-0.25, -0.2) is 26.7 Å². The number of pyridine rings is 1. The number of nitrogens with two attached hydrogens (primary N) is 1. The Balaban J connectivity index is 1.63. The van der Waals surface area contributed by atoms with Gasteiger partial charge in [-0.3, -0.25) is 9.79 Å². The minimum absolute atomic E-state index is 0.00535. The molecule has 0 fully saturated rings. The Morgan fingerprint density at radius 2 is 2.03 bits per heavy atom. The molecule has 0 saturated carbocycles. The van der Waals surface area contributed by atoms with E-state index >= 15 is 4.39 Å². The maximum atomic E-state index is 15.1. The highest BCUT2D eigenvalue weighted by Crippen LogP contribution is 2.48. The van der Waals surface area contributed by atoms with Gasteiger partial charge in [0, 0.05) is 17.8 Å². The van der Waals surface area contributed by atoms with Crippen LogP contribution in [0.4, 0.5) is 18.9 Å². The van der Waals surface area contributed by atoms with Crippen LogP contribution in [0.2, 0.25) is 0 Å². The van der Waals surface area contributed by atoms with E-state index in [1.807, 2.05) is 0 Å². The summed E-state index contributed by atoms with van der Waals surface area (Å²) in [5.74, 6) is -0.936. The lowest BCUT2D eigenvalue weighted by Gasteiger charge is -2.44. The summed E-state index contributed by atoms with van der Waals surface area (Å²) in [6.07, 6.45) is -1.00. The Hall–Kier alpha value is -3.15. The first-order chi connectivity index (χ1) is 16.4. The van der Waals surface area contributed by atoms with E-state index in [2.05, 4.69) is 19.7 Å². The number of benzene rings is 1. The summed E-state index contributed by atoms with van der Waals surface area (Å²) in [5.41, 5.74) is 5.40. The van der Waals surface area contributed by atoms with Crippen molar-refractivity contribution in [2.24, 2.45) is 15.1 Å². The SMILES string of the molecule is CC1(C)C(N)=N[C@](C)(c2cc(NC(=O)c3ccc(OCC(F)F)cn3)ccc2F)[C@@H]2CCN=[S@@]21=O. The van der Waals surface area contributed by atoms with Crippen LogP contribution < -0.4 is 15.8 Å². The second-order valence-electron chi connectivity index (χ2n) is 9.08. The van der Waals surface area contributed by atoms with E-state index in [1.54, 1.807) is 20.8 Å². The summed E-state index contributed by atoms with van der Waals surface area (Å²) < 4.78 is 61.9. The molecule has 2 aliphatic heterocycles. The molecule has 3 N–H and O–H groups in total. The lowest BCUT2D eigenvalue weighted by molar-refractivity contribution is 0.0816. The van der Waals surface area contributed by atoms with Crippen LogP contribution in [0.1, 0.15) is 43.2 Å². The number of aliphatic imine (C=N–C) groups is 1. The number of carbonyl (C=O) groups excluding carboxylic acids is 1. The molecule has 1 aromatic carbocycles. The van der Waals surface area contributed by atoms with Crippen LogP contribution in [0, 0.1) is 5.82 Å². The van der Waals surface area contributed by atoms with Crippen LogP contribution in [-0.4, -0.2) is 50.5 Å². The molecule has 1 amide bonds. The number of rotatable bonds is 6. The van der Waals surface area contributed by atoms with E-state index in [0.717, 1.165) is 6.20 Å². The summed E-state index contributed by atoms with van der Waals surface area (Å²) >= 11 is 0. The Morgan fingerprint density at radius 3 is 2.69 bits per heavy atom. The topological polar surface area (TPSA) is 119 Å². The van der Waals surface area contributed by atoms with Crippen molar-refractivity contribution in [2.45, 2.75) is 49.2 Å². The van der Waals surface area contributed by atoms with Gasteiger partial charge in [-0.15, -0.1) is 0 Å². The molecular weight excluding hydrogens is 483 g/mol. The van der Waals surface area contributed by atoms with Gasteiger partial charge in [-0.1, -0.05) is 0 Å². The molecule has 0 saturated heterocycles. The number of aromatic nitrogens is 1. The molecule has 3 heterocycles. The smallest absolute Gasteiger partial charge is 0.274 e. The van der Waals surface area contributed by atoms with Crippen LogP contribution in [0.5, 0.6) is 5.75 Å². The van der Waals surface area contributed by atoms with Gasteiger partial charge in [-0.05, 0) is 57.5 Å². The number of hydrogen-bond donors (Lipinski definition) is 2. The van der Waals surface area contributed by atoms with Crippen molar-refractivity contribution in [1.82, 2.24) is 4.98 Å². The van der Waals surface area contributed by atoms with E-state index in [4.69, 9.17) is 10.5 Å². The summed E-state index contributed by atoms with van der Waals surface area (Å²) in [4.78, 5) is 21.2. The molecule has 3 atom stereocenters. The molecule has 4 rings (SSSR count). The largest absolute Gasteiger partial charge is 0.486 e. The number of halogens is 3. The maximum Gasteiger partial charge on any atom is 0.274 e. The molecule has 8 nitrogen and oxygen atoms in total. The number of carbonyl (C=O) groups is 1. The summed E-state index contributed by atoms with van der Waals surface area (Å²) in [7, 11) is -2.84. The van der Waals surface area contributed by atoms with Crippen molar-refractivity contribution in [3.8, 4) is 5.75 Å². The third-order valence-electron chi connectivity index (χ3n) is 6.50. The quantitative estimate of drug-likeness (QED) is 0.615. The average Bonchev–Trinajstić information content (AvgIpc) is 3.23. The van der Waals surface area contributed by atoms with Gasteiger partial charge < -0.3 is 15.8 Å². The number of ether oxygens (including phenoxy) is 1. The molecule has 35 heavy (non-hydrogen) atoms. The van der Waals surface area contributed by atoms with E-state index in [-0.39, 0.29) is 28.5 Å². The molecule has 12 heteroatoms. The van der Waals surface area contributed by atoms with Crippen molar-refractivity contribution in [1.29, 1.82) is 0 Å². The first kappa shape index (κ1) is 25.0. The van der Waals surface area contributed by atoms with Gasteiger partial charge in [0.2, 0.25) is 0 Å². The molecule has 0 unspecified atom stereocenters. The monoisotopic (exact) mass is 509 g/mol. The number of nitrogens with one attached hydrogen (secondary N) is 1. The highest BCUT2D eigenvalue weighted by atomic mass is 32.2. The van der Waals surface area contributed by atoms with E-state index in [0.29, 0.717) is 13.0 Å². The van der Waals surface area contributed by atoms with Gasteiger partial charge in [0.05, 0.1) is 21.2 Å². The third kappa shape index (κ3) is 4.24. The van der Waals surface area contributed by atoms with Crippen molar-refractivity contribution in [3.63, 3.8) is 0 Å². The molecule has 0 spiro atoms. The Kier molecular flexibility index (Phi) is 6.28. The predicted molar refractivity (Wildman–Crippen MR) is 127 cm³/mol. The average molecular weight is 510 g/mol. The van der Waals surface area contributed by atoms with Crippen molar-refractivity contribution in [2.75, 3.05) is 18.5 Å². The molecule has 2 aliphatic rings. The van der Waals surface area contributed by atoms with Gasteiger partial charge in [0.1, 0.15) is 40.0 Å². The fraction of sp³-hybridized carbons (Fsp3) is 0.435. The number of hydrogen-bond acceptors (Lipinski definition) is 7. The zero-order valence-corrected chi connectivity index (χ0v) is 20.2. The number of anilines is 1. The van der Waals surface area contributed by atoms with Gasteiger partial charge in [0.15, 0.2) is 0 Å². The van der Waals surface area contributed by atoms with Crippen LogP contribution in [0.3, 0.4) is 0 Å². The normalized spacial score (nSPS) is 27.1.